The Hall–Kier alpha value is -1.48. The molecule has 1 aromatic heterocycles. The van der Waals surface area contributed by atoms with Crippen LogP contribution in [-0.2, 0) is 0 Å². The molecule has 1 fully saturated rings. The molecule has 0 bridgehead atoms. The largest absolute Gasteiger partial charge is 0.496 e. The third kappa shape index (κ3) is 2.03. The van der Waals surface area contributed by atoms with E-state index in [1.807, 2.05) is 24.4 Å². The lowest BCUT2D eigenvalue weighted by molar-refractivity contribution is 0.416. The number of rotatable bonds is 3. The summed E-state index contributed by atoms with van der Waals surface area (Å²) in [7, 11) is 1.65. The van der Waals surface area contributed by atoms with Gasteiger partial charge < -0.3 is 9.72 Å². The van der Waals surface area contributed by atoms with Gasteiger partial charge in [-0.05, 0) is 31.0 Å². The van der Waals surface area contributed by atoms with E-state index in [-0.39, 0.29) is 0 Å². The lowest BCUT2D eigenvalue weighted by Gasteiger charge is -2.06. The summed E-state index contributed by atoms with van der Waals surface area (Å²) in [5.41, 5.74) is 2.12. The van der Waals surface area contributed by atoms with E-state index in [1.54, 1.807) is 7.11 Å². The van der Waals surface area contributed by atoms with Gasteiger partial charge in [0.05, 0.1) is 12.7 Å². The number of ether oxygens (including phenoxy) is 1. The molecule has 1 saturated carbocycles. The Labute approximate surface area is 105 Å². The van der Waals surface area contributed by atoms with Gasteiger partial charge in [0.15, 0.2) is 0 Å². The topological polar surface area (TPSA) is 37.9 Å². The first-order valence-corrected chi connectivity index (χ1v) is 6.04. The van der Waals surface area contributed by atoms with Crippen LogP contribution in [0, 0.1) is 0 Å². The van der Waals surface area contributed by atoms with Crippen molar-refractivity contribution in [3.63, 3.8) is 0 Å². The average molecular weight is 249 g/mol. The molecule has 0 aliphatic heterocycles. The van der Waals surface area contributed by atoms with Crippen LogP contribution in [0.1, 0.15) is 24.5 Å². The monoisotopic (exact) mass is 248 g/mol. The Bertz CT molecular complexity index is 546. The van der Waals surface area contributed by atoms with Crippen molar-refractivity contribution in [1.82, 2.24) is 9.97 Å². The Morgan fingerprint density at radius 3 is 2.94 bits per heavy atom. The molecule has 0 radical (unpaired) electrons. The van der Waals surface area contributed by atoms with Crippen LogP contribution in [0.5, 0.6) is 5.75 Å². The summed E-state index contributed by atoms with van der Waals surface area (Å²) >= 11 is 6.01. The third-order valence-electron chi connectivity index (χ3n) is 3.03. The zero-order chi connectivity index (χ0) is 11.8. The van der Waals surface area contributed by atoms with Gasteiger partial charge in [0, 0.05) is 22.8 Å². The lowest BCUT2D eigenvalue weighted by Crippen LogP contribution is -1.89. The molecule has 0 spiro atoms. The van der Waals surface area contributed by atoms with Crippen LogP contribution in [0.2, 0.25) is 5.02 Å². The van der Waals surface area contributed by atoms with Gasteiger partial charge in [0.2, 0.25) is 0 Å². The minimum Gasteiger partial charge on any atom is -0.496 e. The molecule has 0 amide bonds. The number of methoxy groups -OCH3 is 1. The highest BCUT2D eigenvalue weighted by atomic mass is 35.5. The molecule has 1 aromatic carbocycles. The smallest absolute Gasteiger partial charge is 0.141 e. The molecular weight excluding hydrogens is 236 g/mol. The summed E-state index contributed by atoms with van der Waals surface area (Å²) < 4.78 is 5.32. The van der Waals surface area contributed by atoms with E-state index in [9.17, 15) is 0 Å². The van der Waals surface area contributed by atoms with Crippen LogP contribution in [0.4, 0.5) is 0 Å². The second-order valence-corrected chi connectivity index (χ2v) is 4.74. The van der Waals surface area contributed by atoms with Gasteiger partial charge in [0.25, 0.3) is 0 Å². The van der Waals surface area contributed by atoms with E-state index in [1.165, 1.54) is 18.5 Å². The SMILES string of the molecule is COc1ccc(Cl)cc1-c1ncc(C2CC2)[nH]1. The maximum absolute atomic E-state index is 6.01. The van der Waals surface area contributed by atoms with Crippen molar-refractivity contribution < 1.29 is 4.74 Å². The maximum atomic E-state index is 6.01. The number of hydrogen-bond donors (Lipinski definition) is 1. The number of nitrogens with one attached hydrogen (secondary N) is 1. The van der Waals surface area contributed by atoms with Crippen LogP contribution < -0.4 is 4.74 Å². The van der Waals surface area contributed by atoms with Gasteiger partial charge in [-0.3, -0.25) is 0 Å². The molecule has 0 atom stereocenters. The molecule has 0 unspecified atom stereocenters. The maximum Gasteiger partial charge on any atom is 0.141 e. The Balaban J connectivity index is 2.03. The number of hydrogen-bond acceptors (Lipinski definition) is 2. The van der Waals surface area contributed by atoms with Gasteiger partial charge in [0.1, 0.15) is 11.6 Å². The number of H-pyrrole nitrogens is 1. The number of aromatic nitrogens is 2. The second kappa shape index (κ2) is 4.08. The highest BCUT2D eigenvalue weighted by Gasteiger charge is 2.25. The van der Waals surface area contributed by atoms with E-state index in [0.717, 1.165) is 17.1 Å². The zero-order valence-electron chi connectivity index (χ0n) is 9.53. The van der Waals surface area contributed by atoms with E-state index in [4.69, 9.17) is 16.3 Å². The standard InChI is InChI=1S/C13H13ClN2O/c1-17-12-5-4-9(14)6-10(12)13-15-7-11(16-13)8-2-3-8/h4-8H,2-3H2,1H3,(H,15,16). The number of benzene rings is 1. The van der Waals surface area contributed by atoms with E-state index >= 15 is 0 Å². The van der Waals surface area contributed by atoms with Crippen molar-refractivity contribution in [3.05, 3.63) is 35.1 Å². The molecule has 88 valence electrons. The molecular formula is C13H13ClN2O. The number of nitrogens with zero attached hydrogens (tertiary/aromatic N) is 1. The molecule has 3 nitrogen and oxygen atoms in total. The van der Waals surface area contributed by atoms with Gasteiger partial charge >= 0.3 is 0 Å². The minimum absolute atomic E-state index is 0.668. The minimum atomic E-state index is 0.668. The van der Waals surface area contributed by atoms with Gasteiger partial charge in [-0.15, -0.1) is 0 Å². The van der Waals surface area contributed by atoms with Crippen LogP contribution in [0.3, 0.4) is 0 Å². The second-order valence-electron chi connectivity index (χ2n) is 4.31. The summed E-state index contributed by atoms with van der Waals surface area (Å²) in [6.07, 6.45) is 4.43. The van der Waals surface area contributed by atoms with Crippen molar-refractivity contribution in [2.45, 2.75) is 18.8 Å². The first-order valence-electron chi connectivity index (χ1n) is 5.67. The molecule has 2 aromatic rings. The summed E-state index contributed by atoms with van der Waals surface area (Å²) in [6, 6.07) is 5.54. The van der Waals surface area contributed by atoms with E-state index < -0.39 is 0 Å². The van der Waals surface area contributed by atoms with Crippen LogP contribution >= 0.6 is 11.6 Å². The Morgan fingerprint density at radius 1 is 1.41 bits per heavy atom. The summed E-state index contributed by atoms with van der Waals surface area (Å²) in [4.78, 5) is 7.75. The fraction of sp³-hybridized carbons (Fsp3) is 0.308. The predicted octanol–water partition coefficient (Wildman–Crippen LogP) is 3.62. The first kappa shape index (κ1) is 10.7. The van der Waals surface area contributed by atoms with E-state index in [0.29, 0.717) is 10.9 Å². The molecule has 1 heterocycles. The lowest BCUT2D eigenvalue weighted by atomic mass is 10.2. The number of halogens is 1. The Morgan fingerprint density at radius 2 is 2.24 bits per heavy atom. The van der Waals surface area contributed by atoms with Crippen molar-refractivity contribution >= 4 is 11.6 Å². The summed E-state index contributed by atoms with van der Waals surface area (Å²) in [5, 5.41) is 0.685. The molecule has 1 aliphatic carbocycles. The van der Waals surface area contributed by atoms with Crippen molar-refractivity contribution in [3.8, 4) is 17.1 Å². The van der Waals surface area contributed by atoms with Crippen LogP contribution in [-0.4, -0.2) is 17.1 Å². The molecule has 0 saturated heterocycles. The fourth-order valence-corrected chi connectivity index (χ4v) is 2.11. The molecule has 3 rings (SSSR count). The summed E-state index contributed by atoms with van der Waals surface area (Å²) in [5.74, 6) is 2.28. The van der Waals surface area contributed by atoms with Crippen molar-refractivity contribution in [1.29, 1.82) is 0 Å². The Kier molecular flexibility index (Phi) is 2.56. The first-order chi connectivity index (χ1) is 8.28. The number of aromatic amines is 1. The van der Waals surface area contributed by atoms with Gasteiger partial charge in [-0.2, -0.15) is 0 Å². The summed E-state index contributed by atoms with van der Waals surface area (Å²) in [6.45, 7) is 0. The molecule has 1 aliphatic rings. The average Bonchev–Trinajstić information content (AvgIpc) is 3.07. The predicted molar refractivity (Wildman–Crippen MR) is 67.6 cm³/mol. The molecule has 17 heavy (non-hydrogen) atoms. The quantitative estimate of drug-likeness (QED) is 0.901. The van der Waals surface area contributed by atoms with Crippen LogP contribution in [0.25, 0.3) is 11.4 Å². The highest BCUT2D eigenvalue weighted by Crippen LogP contribution is 2.40. The number of imidazole rings is 1. The molecule has 4 heteroatoms. The zero-order valence-corrected chi connectivity index (χ0v) is 10.3. The van der Waals surface area contributed by atoms with Gasteiger partial charge in [-0.1, -0.05) is 11.6 Å². The van der Waals surface area contributed by atoms with Crippen molar-refractivity contribution in [2.75, 3.05) is 7.11 Å². The van der Waals surface area contributed by atoms with Crippen LogP contribution in [0.15, 0.2) is 24.4 Å². The van der Waals surface area contributed by atoms with E-state index in [2.05, 4.69) is 9.97 Å². The molecule has 1 N–H and O–H groups in total. The fourth-order valence-electron chi connectivity index (χ4n) is 1.94. The van der Waals surface area contributed by atoms with Crippen molar-refractivity contribution in [2.24, 2.45) is 0 Å². The normalized spacial score (nSPS) is 14.9. The van der Waals surface area contributed by atoms with Gasteiger partial charge in [-0.25, -0.2) is 4.98 Å². The highest BCUT2D eigenvalue weighted by molar-refractivity contribution is 6.30. The third-order valence-corrected chi connectivity index (χ3v) is 3.26.